The molecule has 0 atom stereocenters. The molecule has 1 aliphatic heterocycles. The van der Waals surface area contributed by atoms with Gasteiger partial charge < -0.3 is 9.84 Å². The van der Waals surface area contributed by atoms with E-state index in [1.165, 1.54) is 31.2 Å². The molecule has 0 bridgehead atoms. The monoisotopic (exact) mass is 408 g/mol. The molecule has 1 N–H and O–H groups in total. The summed E-state index contributed by atoms with van der Waals surface area (Å²) in [4.78, 5) is 33.5. The lowest BCUT2D eigenvalue weighted by atomic mass is 9.99. The number of hydrogen-bond donors (Lipinski definition) is 1. The number of nitrogens with zero attached hydrogens (tertiary/aromatic N) is 2. The molecule has 3 rings (SSSR count). The number of allylic oxidation sites excluding steroid dienone is 1. The fourth-order valence-corrected chi connectivity index (χ4v) is 2.92. The smallest absolute Gasteiger partial charge is 0.344 e. The molecular weight excluding hydrogens is 387 g/mol. The SMILES string of the molecule is CC(O)=C(C(=O)OC(C)(C)C)C1=NC(=NC(=O)c2ccccc2F)c2ccccc21. The van der Waals surface area contributed by atoms with Gasteiger partial charge in [-0.05, 0) is 39.8 Å². The minimum atomic E-state index is -0.800. The zero-order chi connectivity index (χ0) is 22.1. The van der Waals surface area contributed by atoms with E-state index in [1.807, 2.05) is 0 Å². The number of rotatable bonds is 3. The van der Waals surface area contributed by atoms with Gasteiger partial charge in [0.1, 0.15) is 22.8 Å². The summed E-state index contributed by atoms with van der Waals surface area (Å²) in [7, 11) is 0. The van der Waals surface area contributed by atoms with Crippen LogP contribution in [0.1, 0.15) is 49.2 Å². The molecule has 30 heavy (non-hydrogen) atoms. The third kappa shape index (κ3) is 4.35. The Kier molecular flexibility index (Phi) is 5.64. The number of carbonyl (C=O) groups excluding carboxylic acids is 2. The molecule has 0 unspecified atom stereocenters. The Bertz CT molecular complexity index is 1120. The molecule has 7 heteroatoms. The highest BCUT2D eigenvalue weighted by molar-refractivity contribution is 6.36. The minimum absolute atomic E-state index is 0.0242. The molecule has 2 aromatic carbocycles. The fourth-order valence-electron chi connectivity index (χ4n) is 2.92. The van der Waals surface area contributed by atoms with Crippen LogP contribution in [0.2, 0.25) is 0 Å². The van der Waals surface area contributed by atoms with Crippen LogP contribution in [0.3, 0.4) is 0 Å². The molecular formula is C23H21FN2O4. The number of fused-ring (bicyclic) bond motifs is 1. The van der Waals surface area contributed by atoms with E-state index >= 15 is 0 Å². The van der Waals surface area contributed by atoms with Crippen molar-refractivity contribution in [3.63, 3.8) is 0 Å². The van der Waals surface area contributed by atoms with Crippen LogP contribution in [0.5, 0.6) is 0 Å². The molecule has 0 saturated carbocycles. The van der Waals surface area contributed by atoms with Gasteiger partial charge >= 0.3 is 5.97 Å². The second-order valence-electron chi connectivity index (χ2n) is 7.69. The van der Waals surface area contributed by atoms with Gasteiger partial charge in [0.2, 0.25) is 0 Å². The zero-order valence-electron chi connectivity index (χ0n) is 17.1. The first-order chi connectivity index (χ1) is 14.1. The van der Waals surface area contributed by atoms with Gasteiger partial charge in [-0.3, -0.25) is 4.79 Å². The number of halogens is 1. The van der Waals surface area contributed by atoms with Crippen molar-refractivity contribution in [3.05, 3.63) is 82.4 Å². The number of hydrogen-bond acceptors (Lipinski definition) is 4. The summed E-state index contributed by atoms with van der Waals surface area (Å²) in [6.45, 7) is 6.47. The lowest BCUT2D eigenvalue weighted by Crippen LogP contribution is -2.28. The van der Waals surface area contributed by atoms with Crippen molar-refractivity contribution < 1.29 is 23.8 Å². The van der Waals surface area contributed by atoms with Crippen molar-refractivity contribution in [2.24, 2.45) is 9.98 Å². The third-order valence-corrected chi connectivity index (χ3v) is 4.15. The van der Waals surface area contributed by atoms with Gasteiger partial charge in [0, 0.05) is 11.1 Å². The number of amides is 1. The first kappa shape index (κ1) is 21.1. The molecule has 154 valence electrons. The Morgan fingerprint density at radius 1 is 1.03 bits per heavy atom. The van der Waals surface area contributed by atoms with E-state index in [0.29, 0.717) is 11.1 Å². The Morgan fingerprint density at radius 2 is 1.63 bits per heavy atom. The van der Waals surface area contributed by atoms with Gasteiger partial charge in [0.05, 0.1) is 11.3 Å². The summed E-state index contributed by atoms with van der Waals surface area (Å²) in [6.07, 6.45) is 0. The number of aliphatic hydroxyl groups excluding tert-OH is 1. The van der Waals surface area contributed by atoms with Crippen LogP contribution >= 0.6 is 0 Å². The fraction of sp³-hybridized carbons (Fsp3) is 0.217. The van der Waals surface area contributed by atoms with Crippen molar-refractivity contribution in [3.8, 4) is 0 Å². The van der Waals surface area contributed by atoms with Crippen LogP contribution in [0, 0.1) is 5.82 Å². The molecule has 2 aromatic rings. The number of amidine groups is 1. The van der Waals surface area contributed by atoms with Crippen LogP contribution < -0.4 is 0 Å². The normalized spacial score (nSPS) is 15.4. The maximum atomic E-state index is 14.0. The summed E-state index contributed by atoms with van der Waals surface area (Å²) in [5.74, 6) is -2.50. The van der Waals surface area contributed by atoms with Crippen molar-refractivity contribution in [2.45, 2.75) is 33.3 Å². The lowest BCUT2D eigenvalue weighted by Gasteiger charge is -2.21. The molecule has 0 radical (unpaired) electrons. The highest BCUT2D eigenvalue weighted by atomic mass is 19.1. The number of ether oxygens (including phenoxy) is 1. The molecule has 0 spiro atoms. The largest absolute Gasteiger partial charge is 0.512 e. The van der Waals surface area contributed by atoms with Gasteiger partial charge in [-0.1, -0.05) is 36.4 Å². The predicted molar refractivity (Wildman–Crippen MR) is 111 cm³/mol. The Morgan fingerprint density at radius 3 is 2.23 bits per heavy atom. The van der Waals surface area contributed by atoms with Gasteiger partial charge in [-0.25, -0.2) is 14.2 Å². The number of carbonyl (C=O) groups is 2. The molecule has 0 fully saturated rings. The molecule has 0 saturated heterocycles. The molecule has 1 aliphatic rings. The maximum absolute atomic E-state index is 14.0. The second kappa shape index (κ2) is 8.02. The maximum Gasteiger partial charge on any atom is 0.344 e. The lowest BCUT2D eigenvalue weighted by molar-refractivity contribution is -0.149. The number of benzene rings is 2. The molecule has 1 heterocycles. The zero-order valence-corrected chi connectivity index (χ0v) is 17.1. The van der Waals surface area contributed by atoms with Gasteiger partial charge in [-0.2, -0.15) is 4.99 Å². The Hall–Kier alpha value is -3.61. The third-order valence-electron chi connectivity index (χ3n) is 4.15. The Balaban J connectivity index is 2.10. The van der Waals surface area contributed by atoms with Crippen LogP contribution in [0.25, 0.3) is 0 Å². The van der Waals surface area contributed by atoms with Crippen molar-refractivity contribution in [2.75, 3.05) is 0 Å². The van der Waals surface area contributed by atoms with Crippen LogP contribution in [-0.2, 0) is 9.53 Å². The van der Waals surface area contributed by atoms with E-state index in [0.717, 1.165) is 0 Å². The van der Waals surface area contributed by atoms with Crippen LogP contribution in [0.15, 0.2) is 69.8 Å². The quantitative estimate of drug-likeness (QED) is 0.463. The average molecular weight is 408 g/mol. The first-order valence-corrected chi connectivity index (χ1v) is 9.28. The van der Waals surface area contributed by atoms with E-state index in [4.69, 9.17) is 4.74 Å². The van der Waals surface area contributed by atoms with Crippen molar-refractivity contribution >= 4 is 23.4 Å². The highest BCUT2D eigenvalue weighted by Gasteiger charge is 2.32. The summed E-state index contributed by atoms with van der Waals surface area (Å²) < 4.78 is 19.4. The number of esters is 1. The van der Waals surface area contributed by atoms with E-state index in [-0.39, 0.29) is 28.4 Å². The standard InChI is InChI=1S/C23H21FN2O4/c1-13(27)18(22(29)30-23(2,3)4)19-14-9-5-6-10-15(14)20(25-19)26-21(28)16-11-7-8-12-17(16)24/h5-12,27H,1-4H3. The van der Waals surface area contributed by atoms with Crippen LogP contribution in [0.4, 0.5) is 4.39 Å². The second-order valence-corrected chi connectivity index (χ2v) is 7.69. The summed E-state index contributed by atoms with van der Waals surface area (Å²) in [5.41, 5.74) is 0.0355. The first-order valence-electron chi connectivity index (χ1n) is 9.28. The molecule has 0 aliphatic carbocycles. The van der Waals surface area contributed by atoms with Crippen molar-refractivity contribution in [1.29, 1.82) is 0 Å². The Labute approximate surface area is 173 Å². The molecule has 0 aromatic heterocycles. The predicted octanol–water partition coefficient (Wildman–Crippen LogP) is 4.39. The van der Waals surface area contributed by atoms with Gasteiger partial charge in [0.15, 0.2) is 5.84 Å². The van der Waals surface area contributed by atoms with Gasteiger partial charge in [0.25, 0.3) is 5.91 Å². The van der Waals surface area contributed by atoms with Crippen LogP contribution in [-0.4, -0.2) is 34.1 Å². The van der Waals surface area contributed by atoms with Crippen molar-refractivity contribution in [1.82, 2.24) is 0 Å². The highest BCUT2D eigenvalue weighted by Crippen LogP contribution is 2.27. The molecule has 6 nitrogen and oxygen atoms in total. The van der Waals surface area contributed by atoms with E-state index < -0.39 is 23.3 Å². The average Bonchev–Trinajstić information content (AvgIpc) is 2.98. The van der Waals surface area contributed by atoms with E-state index in [2.05, 4.69) is 9.98 Å². The summed E-state index contributed by atoms with van der Waals surface area (Å²) in [6, 6.07) is 12.3. The summed E-state index contributed by atoms with van der Waals surface area (Å²) >= 11 is 0. The van der Waals surface area contributed by atoms with E-state index in [1.54, 1.807) is 45.0 Å². The topological polar surface area (TPSA) is 88.3 Å². The molecule has 1 amide bonds. The van der Waals surface area contributed by atoms with Gasteiger partial charge in [-0.15, -0.1) is 0 Å². The summed E-state index contributed by atoms with van der Waals surface area (Å²) in [5, 5.41) is 10.2. The number of aliphatic hydroxyl groups is 1. The van der Waals surface area contributed by atoms with E-state index in [9.17, 15) is 19.1 Å². The minimum Gasteiger partial charge on any atom is -0.512 e. The number of aliphatic imine (C=N–C) groups is 2.